The molecule has 0 radical (unpaired) electrons. The molecule has 1 aromatic rings. The van der Waals surface area contributed by atoms with E-state index in [1.807, 2.05) is 13.8 Å². The van der Waals surface area contributed by atoms with Gasteiger partial charge in [0.2, 0.25) is 5.88 Å². The lowest BCUT2D eigenvalue weighted by Gasteiger charge is -2.04. The van der Waals surface area contributed by atoms with E-state index >= 15 is 0 Å². The van der Waals surface area contributed by atoms with Gasteiger partial charge < -0.3 is 15.4 Å². The lowest BCUT2D eigenvalue weighted by atomic mass is 10.2. The summed E-state index contributed by atoms with van der Waals surface area (Å²) in [6.45, 7) is 4.60. The number of aromatic nitrogens is 2. The smallest absolute Gasteiger partial charge is 0.287 e. The van der Waals surface area contributed by atoms with Gasteiger partial charge in [0, 0.05) is 6.54 Å². The number of imidazole rings is 1. The molecule has 0 aliphatic carbocycles. The van der Waals surface area contributed by atoms with E-state index in [-0.39, 0.29) is 17.6 Å². The van der Waals surface area contributed by atoms with E-state index in [1.165, 1.54) is 6.20 Å². The summed E-state index contributed by atoms with van der Waals surface area (Å²) in [5, 5.41) is 11.5. The first-order valence-corrected chi connectivity index (χ1v) is 4.11. The standard InChI is InChI=1S/C8H13N3O2/c1-5(2)3-10-8(13)7-9-4-6(12)11-7/h4-5,12H,3H2,1-2H3,(H,9,11)(H,10,13). The molecule has 13 heavy (non-hydrogen) atoms. The van der Waals surface area contributed by atoms with Crippen LogP contribution in [0.5, 0.6) is 5.88 Å². The van der Waals surface area contributed by atoms with E-state index in [4.69, 9.17) is 5.11 Å². The van der Waals surface area contributed by atoms with Crippen molar-refractivity contribution in [3.8, 4) is 5.88 Å². The molecular weight excluding hydrogens is 170 g/mol. The van der Waals surface area contributed by atoms with Crippen molar-refractivity contribution in [2.45, 2.75) is 13.8 Å². The average Bonchev–Trinajstić information content (AvgIpc) is 2.47. The number of nitrogens with one attached hydrogen (secondary N) is 2. The largest absolute Gasteiger partial charge is 0.493 e. The Morgan fingerprint density at radius 2 is 2.46 bits per heavy atom. The number of hydrogen-bond acceptors (Lipinski definition) is 3. The zero-order valence-corrected chi connectivity index (χ0v) is 7.66. The number of carbonyl (C=O) groups excluding carboxylic acids is 1. The predicted octanol–water partition coefficient (Wildman–Crippen LogP) is 0.501. The Morgan fingerprint density at radius 1 is 1.77 bits per heavy atom. The number of rotatable bonds is 3. The summed E-state index contributed by atoms with van der Waals surface area (Å²) < 4.78 is 0. The summed E-state index contributed by atoms with van der Waals surface area (Å²) in [5.41, 5.74) is 0. The summed E-state index contributed by atoms with van der Waals surface area (Å²) in [6, 6.07) is 0. The molecule has 0 saturated carbocycles. The van der Waals surface area contributed by atoms with Crippen LogP contribution in [0.2, 0.25) is 0 Å². The van der Waals surface area contributed by atoms with Gasteiger partial charge in [0.25, 0.3) is 5.91 Å². The van der Waals surface area contributed by atoms with Gasteiger partial charge in [-0.3, -0.25) is 4.79 Å². The van der Waals surface area contributed by atoms with Crippen molar-refractivity contribution in [1.29, 1.82) is 0 Å². The molecule has 5 nitrogen and oxygen atoms in total. The van der Waals surface area contributed by atoms with E-state index in [1.54, 1.807) is 0 Å². The van der Waals surface area contributed by atoms with Crippen molar-refractivity contribution < 1.29 is 9.90 Å². The summed E-state index contributed by atoms with van der Waals surface area (Å²) in [7, 11) is 0. The minimum absolute atomic E-state index is 0.102. The average molecular weight is 183 g/mol. The fourth-order valence-electron chi connectivity index (χ4n) is 0.807. The van der Waals surface area contributed by atoms with Gasteiger partial charge in [-0.25, -0.2) is 4.98 Å². The number of H-pyrrole nitrogens is 1. The van der Waals surface area contributed by atoms with Crippen LogP contribution in [0.4, 0.5) is 0 Å². The summed E-state index contributed by atoms with van der Waals surface area (Å²) in [4.78, 5) is 17.4. The zero-order valence-electron chi connectivity index (χ0n) is 7.66. The molecule has 72 valence electrons. The van der Waals surface area contributed by atoms with E-state index < -0.39 is 0 Å². The number of nitrogens with zero attached hydrogens (tertiary/aromatic N) is 1. The molecule has 0 bridgehead atoms. The third-order valence-corrected chi connectivity index (χ3v) is 1.45. The Kier molecular flexibility index (Phi) is 2.89. The maximum absolute atomic E-state index is 11.2. The summed E-state index contributed by atoms with van der Waals surface area (Å²) in [6.07, 6.45) is 1.20. The van der Waals surface area contributed by atoms with E-state index in [2.05, 4.69) is 15.3 Å². The fraction of sp³-hybridized carbons (Fsp3) is 0.500. The monoisotopic (exact) mass is 183 g/mol. The van der Waals surface area contributed by atoms with Crippen LogP contribution >= 0.6 is 0 Å². The molecule has 1 rings (SSSR count). The number of aromatic amines is 1. The van der Waals surface area contributed by atoms with Crippen LogP contribution in [0.3, 0.4) is 0 Å². The van der Waals surface area contributed by atoms with Gasteiger partial charge in [-0.05, 0) is 5.92 Å². The molecule has 0 atom stereocenters. The molecule has 0 unspecified atom stereocenters. The first kappa shape index (κ1) is 9.57. The van der Waals surface area contributed by atoms with Crippen LogP contribution in [0.1, 0.15) is 24.5 Å². The highest BCUT2D eigenvalue weighted by Crippen LogP contribution is 2.02. The van der Waals surface area contributed by atoms with Crippen LogP contribution in [0.25, 0.3) is 0 Å². The molecule has 1 heterocycles. The molecule has 5 heteroatoms. The zero-order chi connectivity index (χ0) is 9.84. The van der Waals surface area contributed by atoms with Gasteiger partial charge in [-0.1, -0.05) is 13.8 Å². The highest BCUT2D eigenvalue weighted by atomic mass is 16.3. The predicted molar refractivity (Wildman–Crippen MR) is 47.4 cm³/mol. The second-order valence-corrected chi connectivity index (χ2v) is 3.22. The molecule has 1 aromatic heterocycles. The number of amides is 1. The van der Waals surface area contributed by atoms with Gasteiger partial charge in [0.15, 0.2) is 5.82 Å². The molecule has 0 fully saturated rings. The topological polar surface area (TPSA) is 78.0 Å². The van der Waals surface area contributed by atoms with Gasteiger partial charge in [0.1, 0.15) is 0 Å². The SMILES string of the molecule is CC(C)CNC(=O)c1ncc(O)[nH]1. The fourth-order valence-corrected chi connectivity index (χ4v) is 0.807. The Labute approximate surface area is 76.2 Å². The molecule has 1 amide bonds. The molecule has 3 N–H and O–H groups in total. The molecule has 0 aromatic carbocycles. The minimum Gasteiger partial charge on any atom is -0.493 e. The van der Waals surface area contributed by atoms with Crippen molar-refractivity contribution >= 4 is 5.91 Å². The molecule has 0 saturated heterocycles. The Bertz CT molecular complexity index is 293. The summed E-state index contributed by atoms with van der Waals surface area (Å²) in [5.74, 6) is 0.134. The van der Waals surface area contributed by atoms with Crippen molar-refractivity contribution in [2.75, 3.05) is 6.54 Å². The van der Waals surface area contributed by atoms with Crippen LogP contribution < -0.4 is 5.32 Å². The maximum Gasteiger partial charge on any atom is 0.287 e. The van der Waals surface area contributed by atoms with Crippen molar-refractivity contribution in [2.24, 2.45) is 5.92 Å². The Balaban J connectivity index is 2.49. The van der Waals surface area contributed by atoms with Crippen molar-refractivity contribution in [3.63, 3.8) is 0 Å². The minimum atomic E-state index is -0.297. The van der Waals surface area contributed by atoms with Gasteiger partial charge in [-0.15, -0.1) is 0 Å². The molecule has 0 aliphatic heterocycles. The molecule has 0 aliphatic rings. The van der Waals surface area contributed by atoms with Crippen LogP contribution in [0, 0.1) is 5.92 Å². The van der Waals surface area contributed by atoms with Crippen molar-refractivity contribution in [3.05, 3.63) is 12.0 Å². The van der Waals surface area contributed by atoms with Gasteiger partial charge >= 0.3 is 0 Å². The number of aromatic hydroxyl groups is 1. The second kappa shape index (κ2) is 3.93. The third-order valence-electron chi connectivity index (χ3n) is 1.45. The Morgan fingerprint density at radius 3 is 2.92 bits per heavy atom. The first-order valence-electron chi connectivity index (χ1n) is 4.11. The van der Waals surface area contributed by atoms with Crippen molar-refractivity contribution in [1.82, 2.24) is 15.3 Å². The highest BCUT2D eigenvalue weighted by molar-refractivity contribution is 5.90. The first-order chi connectivity index (χ1) is 6.09. The number of hydrogen-bond donors (Lipinski definition) is 3. The third kappa shape index (κ3) is 2.77. The van der Waals surface area contributed by atoms with E-state index in [0.717, 1.165) is 0 Å². The molecule has 0 spiro atoms. The lowest BCUT2D eigenvalue weighted by molar-refractivity contribution is 0.0939. The van der Waals surface area contributed by atoms with Gasteiger partial charge in [0.05, 0.1) is 6.20 Å². The van der Waals surface area contributed by atoms with E-state index in [9.17, 15) is 4.79 Å². The Hall–Kier alpha value is -1.52. The van der Waals surface area contributed by atoms with Crippen LogP contribution in [-0.4, -0.2) is 27.5 Å². The normalized spacial score (nSPS) is 10.4. The second-order valence-electron chi connectivity index (χ2n) is 3.22. The van der Waals surface area contributed by atoms with Gasteiger partial charge in [-0.2, -0.15) is 0 Å². The van der Waals surface area contributed by atoms with Crippen LogP contribution in [0.15, 0.2) is 6.20 Å². The molecular formula is C8H13N3O2. The number of carbonyl (C=O) groups is 1. The lowest BCUT2D eigenvalue weighted by Crippen LogP contribution is -2.28. The van der Waals surface area contributed by atoms with E-state index in [0.29, 0.717) is 12.5 Å². The highest BCUT2D eigenvalue weighted by Gasteiger charge is 2.09. The maximum atomic E-state index is 11.2. The van der Waals surface area contributed by atoms with Crippen LogP contribution in [-0.2, 0) is 0 Å². The quantitative estimate of drug-likeness (QED) is 0.638. The summed E-state index contributed by atoms with van der Waals surface area (Å²) >= 11 is 0.